The Morgan fingerprint density at radius 2 is 1.49 bits per heavy atom. The summed E-state index contributed by atoms with van der Waals surface area (Å²) in [5.74, 6) is -5.52. The van der Waals surface area contributed by atoms with Gasteiger partial charge in [0.2, 0.25) is 17.7 Å². The highest BCUT2D eigenvalue weighted by molar-refractivity contribution is 7.85. The summed E-state index contributed by atoms with van der Waals surface area (Å²) < 4.78 is 34.6. The first-order valence-electron chi connectivity index (χ1n) is 14.7. The summed E-state index contributed by atoms with van der Waals surface area (Å²) in [7, 11) is -4.99. The van der Waals surface area contributed by atoms with Crippen LogP contribution in [0.25, 0.3) is 0 Å². The van der Waals surface area contributed by atoms with E-state index < -0.39 is 80.9 Å². The summed E-state index contributed by atoms with van der Waals surface area (Å²) in [6.07, 6.45) is 3.76. The van der Waals surface area contributed by atoms with Crippen molar-refractivity contribution >= 4 is 51.5 Å². The van der Waals surface area contributed by atoms with Gasteiger partial charge >= 0.3 is 6.03 Å². The molecule has 7 amide bonds. The van der Waals surface area contributed by atoms with E-state index in [2.05, 4.69) is 21.3 Å². The Morgan fingerprint density at radius 3 is 2.00 bits per heavy atom. The fraction of sp³-hybridized carbons (Fsp3) is 0.679. The molecule has 1 aliphatic rings. The molecule has 0 saturated heterocycles. The fourth-order valence-electron chi connectivity index (χ4n) is 4.40. The number of hydrogen-bond acceptors (Lipinski definition) is 10. The molecule has 0 aromatic heterocycles. The highest BCUT2D eigenvalue weighted by Crippen LogP contribution is 2.19. The van der Waals surface area contributed by atoms with Gasteiger partial charge in [0.25, 0.3) is 11.8 Å². The molecular weight excluding hydrogens is 612 g/mol. The van der Waals surface area contributed by atoms with Crippen LogP contribution < -0.4 is 27.0 Å². The molecule has 6 N–H and O–H groups in total. The van der Waals surface area contributed by atoms with Crippen molar-refractivity contribution in [2.75, 3.05) is 18.8 Å². The van der Waals surface area contributed by atoms with Gasteiger partial charge in [-0.2, -0.15) is 0 Å². The molecule has 0 aliphatic carbocycles. The number of imide groups is 1. The zero-order valence-corrected chi connectivity index (χ0v) is 27.2. The number of Topliss-reactive ketones (excluding diaryl/α,β-unsaturated/α-hetero) is 1. The third-order valence-corrected chi connectivity index (χ3v) is 7.54. The maximum Gasteiger partial charge on any atom is 0.312 e. The maximum absolute atomic E-state index is 13.3. The number of carbonyl (C=O) groups is 7. The number of nitrogens with zero attached hydrogens (tertiary/aromatic N) is 1. The van der Waals surface area contributed by atoms with Crippen molar-refractivity contribution in [3.05, 3.63) is 12.2 Å². The summed E-state index contributed by atoms with van der Waals surface area (Å²) in [4.78, 5) is 87.2. The monoisotopic (exact) mass is 657 g/mol. The van der Waals surface area contributed by atoms with E-state index in [4.69, 9.17) is 5.73 Å². The fourth-order valence-corrected chi connectivity index (χ4v) is 5.04. The Bertz CT molecular complexity index is 1240. The SMILES string of the molecule is CC(C)[C@@H](NC(=O)[C@@H](CS(=O)(=O)[O-])NC(=O)CCCCCN1C(=O)C=CC1=O)C(=O)N[C@H](CCCNC(N)=O)C(=O)C(C)(C)C. The lowest BCUT2D eigenvalue weighted by atomic mass is 9.84. The van der Waals surface area contributed by atoms with Gasteiger partial charge in [-0.25, -0.2) is 13.2 Å². The van der Waals surface area contributed by atoms with Gasteiger partial charge in [-0.05, 0) is 31.6 Å². The lowest BCUT2D eigenvalue weighted by Gasteiger charge is -2.30. The minimum Gasteiger partial charge on any atom is -0.748 e. The van der Waals surface area contributed by atoms with Crippen molar-refractivity contribution in [3.8, 4) is 0 Å². The Balaban J connectivity index is 2.88. The Kier molecular flexibility index (Phi) is 15.3. The predicted octanol–water partition coefficient (Wildman–Crippen LogP) is -0.809. The van der Waals surface area contributed by atoms with Crippen LogP contribution in [-0.2, 0) is 38.9 Å². The summed E-state index contributed by atoms with van der Waals surface area (Å²) >= 11 is 0. The topological polar surface area (TPSA) is 254 Å². The molecule has 1 rings (SSSR count). The average molecular weight is 658 g/mol. The minimum absolute atomic E-state index is 0.141. The van der Waals surface area contributed by atoms with E-state index in [-0.39, 0.29) is 38.1 Å². The van der Waals surface area contributed by atoms with Gasteiger partial charge in [0, 0.05) is 37.1 Å². The number of amides is 7. The molecule has 0 aromatic rings. The molecule has 45 heavy (non-hydrogen) atoms. The number of nitrogens with one attached hydrogen (secondary N) is 4. The van der Waals surface area contributed by atoms with Gasteiger partial charge < -0.3 is 31.6 Å². The zero-order valence-electron chi connectivity index (χ0n) is 26.3. The van der Waals surface area contributed by atoms with Gasteiger partial charge in [0.15, 0.2) is 5.78 Å². The molecule has 3 atom stereocenters. The van der Waals surface area contributed by atoms with Gasteiger partial charge in [-0.3, -0.25) is 33.7 Å². The Labute approximate surface area is 263 Å². The summed E-state index contributed by atoms with van der Waals surface area (Å²) in [5.41, 5.74) is 4.22. The van der Waals surface area contributed by atoms with Crippen LogP contribution in [-0.4, -0.2) is 96.2 Å². The summed E-state index contributed by atoms with van der Waals surface area (Å²) in [5, 5.41) is 9.66. The number of carbonyl (C=O) groups excluding carboxylic acids is 7. The standard InChI is InChI=1S/C28H46N6O10S/c1-17(2)23(26(40)32-18(24(38)28(3,4)5)10-9-14-30-27(29)41)33-25(39)19(16-45(42,43)44)31-20(35)11-7-6-8-15-34-21(36)12-13-22(34)37/h12-13,17-19,23H,6-11,14-16H2,1-5H3,(H,31,35)(H,32,40)(H,33,39)(H3,29,30,41)(H,42,43,44)/p-1/t18-,19-,23-/m1/s1. The van der Waals surface area contributed by atoms with E-state index in [9.17, 15) is 46.5 Å². The molecule has 0 radical (unpaired) electrons. The van der Waals surface area contributed by atoms with E-state index in [0.717, 1.165) is 17.1 Å². The highest BCUT2D eigenvalue weighted by Gasteiger charge is 2.35. The number of primary amides is 1. The largest absolute Gasteiger partial charge is 0.748 e. The minimum atomic E-state index is -4.99. The number of hydrogen-bond donors (Lipinski definition) is 5. The molecule has 17 heteroatoms. The number of nitrogens with two attached hydrogens (primary N) is 1. The van der Waals surface area contributed by atoms with E-state index in [1.807, 2.05) is 0 Å². The lowest BCUT2D eigenvalue weighted by Crippen LogP contribution is -2.59. The van der Waals surface area contributed by atoms with Crippen LogP contribution in [0.4, 0.5) is 4.79 Å². The molecule has 0 aromatic carbocycles. The molecule has 0 saturated carbocycles. The lowest BCUT2D eigenvalue weighted by molar-refractivity contribution is -0.137. The van der Waals surface area contributed by atoms with Crippen molar-refractivity contribution in [1.29, 1.82) is 0 Å². The molecule has 1 aliphatic heterocycles. The van der Waals surface area contributed by atoms with Crippen molar-refractivity contribution in [1.82, 2.24) is 26.2 Å². The zero-order chi connectivity index (χ0) is 34.5. The summed E-state index contributed by atoms with van der Waals surface area (Å²) in [6.45, 7) is 8.52. The number of urea groups is 1. The van der Waals surface area contributed by atoms with E-state index in [1.165, 1.54) is 0 Å². The van der Waals surface area contributed by atoms with Gasteiger partial charge in [-0.15, -0.1) is 0 Å². The van der Waals surface area contributed by atoms with Crippen molar-refractivity contribution in [2.45, 2.75) is 91.3 Å². The van der Waals surface area contributed by atoms with Crippen LogP contribution in [0.15, 0.2) is 12.2 Å². The average Bonchev–Trinajstić information content (AvgIpc) is 3.22. The molecule has 0 fully saturated rings. The quantitative estimate of drug-likeness (QED) is 0.0656. The second kappa shape index (κ2) is 17.6. The van der Waals surface area contributed by atoms with Gasteiger partial charge in [0.1, 0.15) is 12.1 Å². The first-order valence-corrected chi connectivity index (χ1v) is 16.3. The summed E-state index contributed by atoms with van der Waals surface area (Å²) in [6, 6.07) is -4.80. The molecule has 16 nitrogen and oxygen atoms in total. The second-order valence-corrected chi connectivity index (χ2v) is 13.6. The van der Waals surface area contributed by atoms with Gasteiger partial charge in [0.05, 0.1) is 21.9 Å². The number of unbranched alkanes of at least 4 members (excludes halogenated alkanes) is 2. The first-order chi connectivity index (χ1) is 20.7. The van der Waals surface area contributed by atoms with Crippen LogP contribution in [0.3, 0.4) is 0 Å². The molecule has 0 bridgehead atoms. The number of rotatable bonds is 19. The first kappa shape index (κ1) is 39.2. The van der Waals surface area contributed by atoms with Crippen LogP contribution in [0.5, 0.6) is 0 Å². The third-order valence-electron chi connectivity index (χ3n) is 6.80. The maximum atomic E-state index is 13.3. The van der Waals surface area contributed by atoms with Crippen LogP contribution in [0.1, 0.15) is 73.1 Å². The van der Waals surface area contributed by atoms with E-state index >= 15 is 0 Å². The van der Waals surface area contributed by atoms with Crippen LogP contribution in [0.2, 0.25) is 0 Å². The molecule has 254 valence electrons. The molecular formula is C28H45N6O10S-. The second-order valence-electron chi connectivity index (χ2n) is 12.2. The molecule has 1 heterocycles. The smallest absolute Gasteiger partial charge is 0.312 e. The molecule has 0 spiro atoms. The van der Waals surface area contributed by atoms with Crippen molar-refractivity contribution < 1.29 is 46.5 Å². The highest BCUT2D eigenvalue weighted by atomic mass is 32.2. The molecule has 0 unspecified atom stereocenters. The normalized spacial score (nSPS) is 15.4. The van der Waals surface area contributed by atoms with Gasteiger partial charge in [-0.1, -0.05) is 41.0 Å². The van der Waals surface area contributed by atoms with E-state index in [1.54, 1.807) is 34.6 Å². The van der Waals surface area contributed by atoms with E-state index in [0.29, 0.717) is 19.3 Å². The Morgan fingerprint density at radius 1 is 0.889 bits per heavy atom. The number of ketones is 1. The Hall–Kier alpha value is -3.86. The van der Waals surface area contributed by atoms with Crippen molar-refractivity contribution in [3.63, 3.8) is 0 Å². The van der Waals surface area contributed by atoms with Crippen LogP contribution >= 0.6 is 0 Å². The third kappa shape index (κ3) is 14.6. The van der Waals surface area contributed by atoms with Crippen molar-refractivity contribution in [2.24, 2.45) is 17.1 Å². The predicted molar refractivity (Wildman–Crippen MR) is 161 cm³/mol. The van der Waals surface area contributed by atoms with Crippen LogP contribution in [0, 0.1) is 11.3 Å².